The van der Waals surface area contributed by atoms with Gasteiger partial charge in [-0.05, 0) is 13.8 Å². The zero-order chi connectivity index (χ0) is 11.5. The van der Waals surface area contributed by atoms with Gasteiger partial charge in [-0.2, -0.15) is 4.98 Å². The zero-order valence-electron chi connectivity index (χ0n) is 8.68. The zero-order valence-corrected chi connectivity index (χ0v) is 9.50. The molecule has 0 aliphatic heterocycles. The van der Waals surface area contributed by atoms with Gasteiger partial charge in [0.05, 0.1) is 0 Å². The number of carbonyl (C=O) groups is 1. The molecule has 1 aromatic heterocycles. The minimum atomic E-state index is -0.925. The van der Waals surface area contributed by atoms with Crippen molar-refractivity contribution in [3.05, 3.63) is 5.82 Å². The number of aliphatic carboxylic acids is 1. The van der Waals surface area contributed by atoms with Gasteiger partial charge in [-0.3, -0.25) is 4.79 Å². The van der Waals surface area contributed by atoms with Gasteiger partial charge in [0, 0.05) is 7.11 Å². The molecule has 0 atom stereocenters. The van der Waals surface area contributed by atoms with E-state index in [0.29, 0.717) is 5.82 Å². The fourth-order valence-corrected chi connectivity index (χ4v) is 1.22. The smallest absolute Gasteiger partial charge is 0.314 e. The summed E-state index contributed by atoms with van der Waals surface area (Å²) in [4.78, 5) is 14.3. The van der Waals surface area contributed by atoms with Gasteiger partial charge in [-0.15, -0.1) is 0 Å². The van der Waals surface area contributed by atoms with Crippen LogP contribution in [0.4, 0.5) is 0 Å². The summed E-state index contributed by atoms with van der Waals surface area (Å²) in [6.07, 6.45) is 0. The first kappa shape index (κ1) is 12.0. The topological polar surface area (TPSA) is 85.5 Å². The first-order chi connectivity index (χ1) is 6.95. The van der Waals surface area contributed by atoms with E-state index in [-0.39, 0.29) is 11.0 Å². The van der Waals surface area contributed by atoms with Gasteiger partial charge >= 0.3 is 5.97 Å². The lowest BCUT2D eigenvalue weighted by Gasteiger charge is -2.17. The fourth-order valence-electron chi connectivity index (χ4n) is 0.728. The molecule has 0 aliphatic carbocycles. The van der Waals surface area contributed by atoms with Crippen molar-refractivity contribution < 1.29 is 19.2 Å². The second-order valence-corrected chi connectivity index (χ2v) is 4.21. The molecule has 0 bridgehead atoms. The Labute approximate surface area is 91.0 Å². The van der Waals surface area contributed by atoms with E-state index in [9.17, 15) is 4.79 Å². The molecule has 0 saturated carbocycles. The van der Waals surface area contributed by atoms with Crippen LogP contribution in [0.2, 0.25) is 0 Å². The molecule has 15 heavy (non-hydrogen) atoms. The monoisotopic (exact) mass is 232 g/mol. The van der Waals surface area contributed by atoms with Crippen molar-refractivity contribution in [1.82, 2.24) is 10.1 Å². The lowest BCUT2D eigenvalue weighted by atomic mass is 10.1. The molecule has 0 radical (unpaired) electrons. The van der Waals surface area contributed by atoms with Gasteiger partial charge in [-0.1, -0.05) is 16.9 Å². The Morgan fingerprint density at radius 2 is 2.33 bits per heavy atom. The molecule has 0 aliphatic rings. The lowest BCUT2D eigenvalue weighted by Crippen LogP contribution is -2.21. The van der Waals surface area contributed by atoms with Crippen molar-refractivity contribution in [3.63, 3.8) is 0 Å². The van der Waals surface area contributed by atoms with Crippen LogP contribution in [-0.4, -0.2) is 34.1 Å². The van der Waals surface area contributed by atoms with Gasteiger partial charge in [-0.25, -0.2) is 0 Å². The SMILES string of the molecule is COC(C)(C)c1noc(SCC(=O)O)n1. The van der Waals surface area contributed by atoms with E-state index in [4.69, 9.17) is 14.4 Å². The number of aromatic nitrogens is 2. The Balaban J connectivity index is 2.68. The number of hydrogen-bond acceptors (Lipinski definition) is 6. The number of carboxylic acids is 1. The third-order valence-electron chi connectivity index (χ3n) is 1.78. The molecule has 0 unspecified atom stereocenters. The van der Waals surface area contributed by atoms with E-state index >= 15 is 0 Å². The molecule has 0 spiro atoms. The Bertz CT molecular complexity index is 350. The maximum absolute atomic E-state index is 10.3. The van der Waals surface area contributed by atoms with Gasteiger partial charge in [0.25, 0.3) is 5.22 Å². The molecule has 1 N–H and O–H groups in total. The van der Waals surface area contributed by atoms with E-state index < -0.39 is 11.6 Å². The molecule has 0 amide bonds. The summed E-state index contributed by atoms with van der Waals surface area (Å²) < 4.78 is 10.0. The maximum Gasteiger partial charge on any atom is 0.314 e. The highest BCUT2D eigenvalue weighted by molar-refractivity contribution is 7.99. The highest BCUT2D eigenvalue weighted by atomic mass is 32.2. The van der Waals surface area contributed by atoms with E-state index in [1.54, 1.807) is 21.0 Å². The molecule has 1 rings (SSSR count). The van der Waals surface area contributed by atoms with Crippen LogP contribution in [0.5, 0.6) is 0 Å². The fraction of sp³-hybridized carbons (Fsp3) is 0.625. The van der Waals surface area contributed by atoms with Crippen LogP contribution < -0.4 is 0 Å². The van der Waals surface area contributed by atoms with Gasteiger partial charge in [0.1, 0.15) is 11.4 Å². The normalized spacial score (nSPS) is 11.7. The van der Waals surface area contributed by atoms with Crippen LogP contribution >= 0.6 is 11.8 Å². The third kappa shape index (κ3) is 3.21. The predicted molar refractivity (Wildman–Crippen MR) is 52.7 cm³/mol. The molecule has 1 aromatic rings. The van der Waals surface area contributed by atoms with Crippen molar-refractivity contribution in [2.45, 2.75) is 24.7 Å². The molecular formula is C8H12N2O4S. The average Bonchev–Trinajstić information content (AvgIpc) is 2.63. The van der Waals surface area contributed by atoms with Crippen LogP contribution in [0.25, 0.3) is 0 Å². The second-order valence-electron chi connectivity index (χ2n) is 3.28. The maximum atomic E-state index is 10.3. The summed E-state index contributed by atoms with van der Waals surface area (Å²) in [5.41, 5.74) is -0.633. The van der Waals surface area contributed by atoms with Gasteiger partial charge in [0.2, 0.25) is 5.82 Å². The minimum Gasteiger partial charge on any atom is -0.481 e. The average molecular weight is 232 g/mol. The van der Waals surface area contributed by atoms with E-state index in [1.165, 1.54) is 0 Å². The Hall–Kier alpha value is -1.08. The number of ether oxygens (including phenoxy) is 1. The molecule has 1 heterocycles. The van der Waals surface area contributed by atoms with Crippen molar-refractivity contribution in [2.75, 3.05) is 12.9 Å². The predicted octanol–water partition coefficient (Wildman–Crippen LogP) is 1.13. The second kappa shape index (κ2) is 4.63. The molecule has 6 nitrogen and oxygen atoms in total. The Morgan fingerprint density at radius 1 is 1.67 bits per heavy atom. The first-order valence-corrected chi connectivity index (χ1v) is 5.18. The Kier molecular flexibility index (Phi) is 3.70. The van der Waals surface area contributed by atoms with Crippen LogP contribution in [0.3, 0.4) is 0 Å². The minimum absolute atomic E-state index is 0.102. The van der Waals surface area contributed by atoms with E-state index in [1.807, 2.05) is 0 Å². The van der Waals surface area contributed by atoms with E-state index in [0.717, 1.165) is 11.8 Å². The van der Waals surface area contributed by atoms with Crippen LogP contribution in [0.15, 0.2) is 9.75 Å². The van der Waals surface area contributed by atoms with Gasteiger partial charge in [0.15, 0.2) is 0 Å². The molecule has 84 valence electrons. The highest BCUT2D eigenvalue weighted by Gasteiger charge is 2.26. The molecule has 0 aromatic carbocycles. The van der Waals surface area contributed by atoms with Crippen LogP contribution in [-0.2, 0) is 15.1 Å². The largest absolute Gasteiger partial charge is 0.481 e. The number of thioether (sulfide) groups is 1. The van der Waals surface area contributed by atoms with E-state index in [2.05, 4.69) is 10.1 Å². The summed E-state index contributed by atoms with van der Waals surface area (Å²) in [6, 6.07) is 0. The van der Waals surface area contributed by atoms with Crippen LogP contribution in [0, 0.1) is 0 Å². The number of methoxy groups -OCH3 is 1. The molecule has 0 fully saturated rings. The quantitative estimate of drug-likeness (QED) is 0.761. The standard InChI is InChI=1S/C8H12N2O4S/c1-8(2,13-3)6-9-7(14-10-6)15-4-5(11)12/h4H2,1-3H3,(H,11,12). The van der Waals surface area contributed by atoms with Crippen molar-refractivity contribution in [3.8, 4) is 0 Å². The van der Waals surface area contributed by atoms with Gasteiger partial charge < -0.3 is 14.4 Å². The summed E-state index contributed by atoms with van der Waals surface area (Å²) in [7, 11) is 1.54. The molecule has 0 saturated heterocycles. The summed E-state index contributed by atoms with van der Waals surface area (Å²) >= 11 is 0.981. The summed E-state index contributed by atoms with van der Waals surface area (Å²) in [5, 5.41) is 12.4. The number of hydrogen-bond donors (Lipinski definition) is 1. The Morgan fingerprint density at radius 3 is 2.87 bits per heavy atom. The lowest BCUT2D eigenvalue weighted by molar-refractivity contribution is -0.133. The molecular weight excluding hydrogens is 220 g/mol. The first-order valence-electron chi connectivity index (χ1n) is 4.19. The van der Waals surface area contributed by atoms with Crippen molar-refractivity contribution in [2.24, 2.45) is 0 Å². The number of rotatable bonds is 5. The van der Waals surface area contributed by atoms with Crippen LogP contribution in [0.1, 0.15) is 19.7 Å². The summed E-state index contributed by atoms with van der Waals surface area (Å²) in [6.45, 7) is 3.59. The summed E-state index contributed by atoms with van der Waals surface area (Å²) in [5.74, 6) is -0.627. The van der Waals surface area contributed by atoms with Crippen molar-refractivity contribution in [1.29, 1.82) is 0 Å². The highest BCUT2D eigenvalue weighted by Crippen LogP contribution is 2.23. The number of carboxylic acid groups (broad SMARTS) is 1. The number of nitrogens with zero attached hydrogens (tertiary/aromatic N) is 2. The van der Waals surface area contributed by atoms with Crippen molar-refractivity contribution >= 4 is 17.7 Å². The third-order valence-corrected chi connectivity index (χ3v) is 2.58. The molecule has 7 heteroatoms.